The van der Waals surface area contributed by atoms with Crippen molar-refractivity contribution in [2.45, 2.75) is 37.7 Å². The Kier molecular flexibility index (Phi) is 3.95. The Hall–Kier alpha value is -1.15. The molecule has 3 rings (SSSR count). The fraction of sp³-hybridized carbons (Fsp3) is 0.667. The van der Waals surface area contributed by atoms with Gasteiger partial charge in [0.2, 0.25) is 0 Å². The van der Waals surface area contributed by atoms with Crippen molar-refractivity contribution in [2.24, 2.45) is 5.41 Å². The standard InChI is InChI=1S/C15H19F3N2O2S/c1-11-5-12(7-19-6-11)8-20-9-13-14(10-20,15(16,17)18)3-2-4-23(13,21)22/h5-7,13H,2-4,8-10H2,1H3/t13-,14-/m1/s1. The zero-order valence-corrected chi connectivity index (χ0v) is 13.6. The molecule has 1 aromatic heterocycles. The van der Waals surface area contributed by atoms with E-state index in [2.05, 4.69) is 4.98 Å². The molecule has 0 unspecified atom stereocenters. The maximum Gasteiger partial charge on any atom is 0.397 e. The number of fused-ring (bicyclic) bond motifs is 1. The number of aromatic nitrogens is 1. The first-order valence-corrected chi connectivity index (χ1v) is 9.27. The van der Waals surface area contributed by atoms with Crippen molar-refractivity contribution in [1.29, 1.82) is 0 Å². The van der Waals surface area contributed by atoms with E-state index in [0.717, 1.165) is 11.1 Å². The number of alkyl halides is 3. The van der Waals surface area contributed by atoms with Crippen molar-refractivity contribution < 1.29 is 21.6 Å². The molecule has 0 spiro atoms. The van der Waals surface area contributed by atoms with Crippen molar-refractivity contribution in [2.75, 3.05) is 18.8 Å². The van der Waals surface area contributed by atoms with Crippen molar-refractivity contribution >= 4 is 9.84 Å². The van der Waals surface area contributed by atoms with Crippen LogP contribution >= 0.6 is 0 Å². The molecule has 128 valence electrons. The Bertz CT molecular complexity index is 705. The lowest BCUT2D eigenvalue weighted by Crippen LogP contribution is -2.53. The van der Waals surface area contributed by atoms with E-state index in [1.165, 1.54) is 0 Å². The summed E-state index contributed by atoms with van der Waals surface area (Å²) in [7, 11) is -3.71. The molecule has 2 aliphatic rings. The third kappa shape index (κ3) is 2.87. The minimum atomic E-state index is -4.51. The second-order valence-corrected chi connectivity index (χ2v) is 8.96. The van der Waals surface area contributed by atoms with Gasteiger partial charge in [0, 0.05) is 32.0 Å². The van der Waals surface area contributed by atoms with E-state index < -0.39 is 26.7 Å². The molecule has 0 amide bonds. The summed E-state index contributed by atoms with van der Waals surface area (Å²) in [5, 5.41) is -1.35. The molecule has 3 heterocycles. The van der Waals surface area contributed by atoms with Gasteiger partial charge in [0.05, 0.1) is 16.4 Å². The highest BCUT2D eigenvalue weighted by Gasteiger charge is 2.67. The number of rotatable bonds is 2. The second-order valence-electron chi connectivity index (χ2n) is 6.65. The fourth-order valence-corrected chi connectivity index (χ4v) is 6.18. The van der Waals surface area contributed by atoms with Crippen LogP contribution in [0.5, 0.6) is 0 Å². The zero-order chi connectivity index (χ0) is 16.9. The Morgan fingerprint density at radius 1 is 1.39 bits per heavy atom. The van der Waals surface area contributed by atoms with Crippen LogP contribution in [0, 0.1) is 12.3 Å². The summed E-state index contributed by atoms with van der Waals surface area (Å²) < 4.78 is 65.6. The van der Waals surface area contributed by atoms with E-state index in [1.54, 1.807) is 17.3 Å². The molecule has 1 aromatic rings. The monoisotopic (exact) mass is 348 g/mol. The molecule has 0 bridgehead atoms. The van der Waals surface area contributed by atoms with Crippen LogP contribution in [-0.2, 0) is 16.4 Å². The number of nitrogens with zero attached hydrogens (tertiary/aromatic N) is 2. The SMILES string of the molecule is Cc1cncc(CN2C[C@@H]3[C@@](C(F)(F)F)(CCCS3(=O)=O)C2)c1. The molecule has 2 aliphatic heterocycles. The summed E-state index contributed by atoms with van der Waals surface area (Å²) in [4.78, 5) is 5.65. The van der Waals surface area contributed by atoms with Gasteiger partial charge in [0.25, 0.3) is 0 Å². The number of aryl methyl sites for hydroxylation is 1. The number of sulfone groups is 1. The zero-order valence-electron chi connectivity index (χ0n) is 12.8. The van der Waals surface area contributed by atoms with Gasteiger partial charge >= 0.3 is 6.18 Å². The van der Waals surface area contributed by atoms with E-state index >= 15 is 0 Å². The third-order valence-electron chi connectivity index (χ3n) is 4.93. The Morgan fingerprint density at radius 2 is 2.13 bits per heavy atom. The quantitative estimate of drug-likeness (QED) is 0.823. The van der Waals surface area contributed by atoms with Gasteiger partial charge in [-0.2, -0.15) is 13.2 Å². The largest absolute Gasteiger partial charge is 0.397 e. The molecule has 0 N–H and O–H groups in total. The predicted molar refractivity (Wildman–Crippen MR) is 79.5 cm³/mol. The van der Waals surface area contributed by atoms with Gasteiger partial charge in [-0.1, -0.05) is 6.07 Å². The summed E-state index contributed by atoms with van der Waals surface area (Å²) >= 11 is 0. The summed E-state index contributed by atoms with van der Waals surface area (Å²) in [5.74, 6) is -0.144. The highest BCUT2D eigenvalue weighted by atomic mass is 32.2. The molecule has 2 saturated heterocycles. The highest BCUT2D eigenvalue weighted by molar-refractivity contribution is 7.92. The van der Waals surface area contributed by atoms with Gasteiger partial charge in [-0.15, -0.1) is 0 Å². The first kappa shape index (κ1) is 16.7. The lowest BCUT2D eigenvalue weighted by atomic mass is 9.81. The van der Waals surface area contributed by atoms with Crippen molar-refractivity contribution in [3.63, 3.8) is 0 Å². The first-order chi connectivity index (χ1) is 10.6. The van der Waals surface area contributed by atoms with Gasteiger partial charge < -0.3 is 0 Å². The number of likely N-dealkylation sites (tertiary alicyclic amines) is 1. The molecule has 8 heteroatoms. The van der Waals surface area contributed by atoms with Crippen LogP contribution in [0.3, 0.4) is 0 Å². The van der Waals surface area contributed by atoms with E-state index in [0.29, 0.717) is 6.54 Å². The van der Waals surface area contributed by atoms with Crippen LogP contribution < -0.4 is 0 Å². The van der Waals surface area contributed by atoms with Gasteiger partial charge in [0.1, 0.15) is 0 Å². The van der Waals surface area contributed by atoms with Crippen LogP contribution in [0.4, 0.5) is 13.2 Å². The first-order valence-electron chi connectivity index (χ1n) is 7.55. The smallest absolute Gasteiger partial charge is 0.297 e. The lowest BCUT2D eigenvalue weighted by Gasteiger charge is -2.39. The average Bonchev–Trinajstić information content (AvgIpc) is 2.79. The number of hydrogen-bond donors (Lipinski definition) is 0. The molecule has 2 atom stereocenters. The summed E-state index contributed by atoms with van der Waals surface area (Å²) in [6.45, 7) is 1.84. The molecular formula is C15H19F3N2O2S. The molecule has 2 fully saturated rings. The number of halogens is 3. The van der Waals surface area contributed by atoms with E-state index in [1.807, 2.05) is 13.0 Å². The Morgan fingerprint density at radius 3 is 2.74 bits per heavy atom. The summed E-state index contributed by atoms with van der Waals surface area (Å²) in [6.07, 6.45) is -1.25. The number of pyridine rings is 1. The van der Waals surface area contributed by atoms with Gasteiger partial charge in [-0.3, -0.25) is 9.88 Å². The summed E-state index contributed by atoms with van der Waals surface area (Å²) in [6, 6.07) is 1.86. The van der Waals surface area contributed by atoms with Crippen molar-refractivity contribution in [3.05, 3.63) is 29.6 Å². The Balaban J connectivity index is 1.90. The van der Waals surface area contributed by atoms with E-state index in [9.17, 15) is 21.6 Å². The topological polar surface area (TPSA) is 50.3 Å². The van der Waals surface area contributed by atoms with E-state index in [4.69, 9.17) is 0 Å². The maximum atomic E-state index is 13.7. The van der Waals surface area contributed by atoms with Crippen LogP contribution in [0.15, 0.2) is 18.5 Å². The molecule has 4 nitrogen and oxygen atoms in total. The van der Waals surface area contributed by atoms with Gasteiger partial charge in [0.15, 0.2) is 9.84 Å². The molecule has 0 radical (unpaired) electrons. The lowest BCUT2D eigenvalue weighted by molar-refractivity contribution is -0.221. The van der Waals surface area contributed by atoms with Gasteiger partial charge in [-0.05, 0) is 30.9 Å². The minimum Gasteiger partial charge on any atom is -0.297 e. The van der Waals surface area contributed by atoms with Crippen molar-refractivity contribution in [1.82, 2.24) is 9.88 Å². The van der Waals surface area contributed by atoms with Crippen LogP contribution in [0.2, 0.25) is 0 Å². The molecule has 0 aliphatic carbocycles. The predicted octanol–water partition coefficient (Wildman–Crippen LogP) is 2.33. The molecule has 0 saturated carbocycles. The Labute approximate surface area is 133 Å². The van der Waals surface area contributed by atoms with Crippen LogP contribution in [-0.4, -0.2) is 48.6 Å². The number of hydrogen-bond acceptors (Lipinski definition) is 4. The second kappa shape index (κ2) is 5.44. The van der Waals surface area contributed by atoms with Crippen molar-refractivity contribution in [3.8, 4) is 0 Å². The molecular weight excluding hydrogens is 329 g/mol. The van der Waals surface area contributed by atoms with E-state index in [-0.39, 0.29) is 31.7 Å². The van der Waals surface area contributed by atoms with Crippen LogP contribution in [0.1, 0.15) is 24.0 Å². The highest BCUT2D eigenvalue weighted by Crippen LogP contribution is 2.53. The molecule has 0 aromatic carbocycles. The minimum absolute atomic E-state index is 0.0597. The third-order valence-corrected chi connectivity index (χ3v) is 7.26. The average molecular weight is 348 g/mol. The summed E-state index contributed by atoms with van der Waals surface area (Å²) in [5.41, 5.74) is -0.392. The normalized spacial score (nSPS) is 31.0. The fourth-order valence-electron chi connectivity index (χ4n) is 3.90. The maximum absolute atomic E-state index is 13.7. The molecule has 23 heavy (non-hydrogen) atoms. The van der Waals surface area contributed by atoms with Crippen LogP contribution in [0.25, 0.3) is 0 Å². The van der Waals surface area contributed by atoms with Gasteiger partial charge in [-0.25, -0.2) is 8.42 Å².